The highest BCUT2D eigenvalue weighted by atomic mass is 16.5. The lowest BCUT2D eigenvalue weighted by Gasteiger charge is -2.12. The summed E-state index contributed by atoms with van der Waals surface area (Å²) in [6, 6.07) is 0.862. The minimum absolute atomic E-state index is 0.339. The average molecular weight is 224 g/mol. The first-order valence-corrected chi connectivity index (χ1v) is 5.97. The first-order chi connectivity index (χ1) is 7.77. The maximum atomic E-state index is 5.67. The van der Waals surface area contributed by atoms with Gasteiger partial charge in [0, 0.05) is 12.1 Å². The molecule has 1 atom stereocenters. The van der Waals surface area contributed by atoms with Crippen LogP contribution in [0.4, 0.5) is 0 Å². The summed E-state index contributed by atoms with van der Waals surface area (Å²) < 4.78 is 7.57. The predicted octanol–water partition coefficient (Wildman–Crippen LogP) is 1.13. The molecule has 0 saturated carbocycles. The predicted molar refractivity (Wildman–Crippen MR) is 61.1 cm³/mol. The van der Waals surface area contributed by atoms with Crippen LogP contribution in [0, 0.1) is 0 Å². The molecule has 5 nitrogen and oxygen atoms in total. The summed E-state index contributed by atoms with van der Waals surface area (Å²) >= 11 is 0. The molecule has 1 unspecified atom stereocenters. The summed E-state index contributed by atoms with van der Waals surface area (Å²) in [5, 5.41) is 7.58. The first kappa shape index (κ1) is 11.5. The highest BCUT2D eigenvalue weighted by Gasteiger charge is 2.14. The Hall–Kier alpha value is -0.940. The summed E-state index contributed by atoms with van der Waals surface area (Å²) in [4.78, 5) is 4.21. The molecule has 1 fully saturated rings. The van der Waals surface area contributed by atoms with E-state index in [4.69, 9.17) is 4.74 Å². The van der Waals surface area contributed by atoms with Crippen LogP contribution in [-0.4, -0.2) is 34.0 Å². The van der Waals surface area contributed by atoms with E-state index in [1.54, 1.807) is 6.33 Å². The maximum Gasteiger partial charge on any atom is 0.153 e. The van der Waals surface area contributed by atoms with Crippen LogP contribution < -0.4 is 5.32 Å². The van der Waals surface area contributed by atoms with Gasteiger partial charge in [0.05, 0.1) is 6.61 Å². The summed E-state index contributed by atoms with van der Waals surface area (Å²) in [5.74, 6) is 0.910. The molecule has 5 heteroatoms. The topological polar surface area (TPSA) is 52.0 Å². The third-order valence-electron chi connectivity index (χ3n) is 2.85. The molecular weight excluding hydrogens is 204 g/mol. The monoisotopic (exact) mass is 224 g/mol. The molecule has 0 bridgehead atoms. The zero-order valence-corrected chi connectivity index (χ0v) is 10.0. The summed E-state index contributed by atoms with van der Waals surface area (Å²) in [5.41, 5.74) is 0. The van der Waals surface area contributed by atoms with Gasteiger partial charge in [-0.3, -0.25) is 0 Å². The molecule has 0 aliphatic carbocycles. The zero-order valence-electron chi connectivity index (χ0n) is 10.0. The highest BCUT2D eigenvalue weighted by Crippen LogP contribution is 2.08. The largest absolute Gasteiger partial charge is 0.372 e. The molecule has 0 radical (unpaired) electrons. The number of nitrogens with zero attached hydrogens (tertiary/aromatic N) is 3. The summed E-state index contributed by atoms with van der Waals surface area (Å²) in [7, 11) is 0. The van der Waals surface area contributed by atoms with E-state index in [2.05, 4.69) is 29.2 Å². The van der Waals surface area contributed by atoms with Gasteiger partial charge in [0.2, 0.25) is 0 Å². The van der Waals surface area contributed by atoms with Crippen LogP contribution in [0.2, 0.25) is 0 Å². The van der Waals surface area contributed by atoms with E-state index >= 15 is 0 Å². The van der Waals surface area contributed by atoms with Crippen molar-refractivity contribution < 1.29 is 4.74 Å². The average Bonchev–Trinajstić information content (AvgIpc) is 2.87. The molecule has 90 valence electrons. The Morgan fingerprint density at radius 2 is 2.50 bits per heavy atom. The van der Waals surface area contributed by atoms with Gasteiger partial charge in [-0.1, -0.05) is 0 Å². The number of hydrogen-bond donors (Lipinski definition) is 1. The SMILES string of the molecule is CC(C)n1ncnc1COCC1CCCN1. The quantitative estimate of drug-likeness (QED) is 0.814. The lowest BCUT2D eigenvalue weighted by molar-refractivity contribution is 0.0947. The van der Waals surface area contributed by atoms with Crippen molar-refractivity contribution in [1.82, 2.24) is 20.1 Å². The van der Waals surface area contributed by atoms with E-state index in [-0.39, 0.29) is 0 Å². The minimum Gasteiger partial charge on any atom is -0.372 e. The number of aromatic nitrogens is 3. The summed E-state index contributed by atoms with van der Waals surface area (Å²) in [6.45, 7) is 6.63. The van der Waals surface area contributed by atoms with Crippen LogP contribution in [0.3, 0.4) is 0 Å². The lowest BCUT2D eigenvalue weighted by atomic mass is 10.2. The Balaban J connectivity index is 1.78. The number of hydrogen-bond acceptors (Lipinski definition) is 4. The van der Waals surface area contributed by atoms with Crippen molar-refractivity contribution in [3.8, 4) is 0 Å². The van der Waals surface area contributed by atoms with E-state index in [0.29, 0.717) is 18.7 Å². The first-order valence-electron chi connectivity index (χ1n) is 5.97. The lowest BCUT2D eigenvalue weighted by Crippen LogP contribution is -2.26. The normalized spacial score (nSPS) is 20.8. The number of ether oxygens (including phenoxy) is 1. The van der Waals surface area contributed by atoms with Gasteiger partial charge in [-0.25, -0.2) is 9.67 Å². The molecule has 0 spiro atoms. The van der Waals surface area contributed by atoms with E-state index in [0.717, 1.165) is 19.0 Å². The standard InChI is InChI=1S/C11H20N4O/c1-9(2)15-11(13-8-14-15)7-16-6-10-4-3-5-12-10/h8-10,12H,3-7H2,1-2H3. The van der Waals surface area contributed by atoms with Crippen molar-refractivity contribution in [3.63, 3.8) is 0 Å². The van der Waals surface area contributed by atoms with Crippen molar-refractivity contribution in [2.24, 2.45) is 0 Å². The van der Waals surface area contributed by atoms with Crippen LogP contribution in [0.15, 0.2) is 6.33 Å². The molecule has 2 rings (SSSR count). The molecule has 16 heavy (non-hydrogen) atoms. The smallest absolute Gasteiger partial charge is 0.153 e. The Morgan fingerprint density at radius 1 is 1.62 bits per heavy atom. The summed E-state index contributed by atoms with van der Waals surface area (Å²) in [6.07, 6.45) is 4.07. The Labute approximate surface area is 96.2 Å². The van der Waals surface area contributed by atoms with Crippen LogP contribution >= 0.6 is 0 Å². The fourth-order valence-corrected chi connectivity index (χ4v) is 2.00. The highest BCUT2D eigenvalue weighted by molar-refractivity contribution is 4.84. The molecule has 1 aliphatic rings. The number of nitrogens with one attached hydrogen (secondary N) is 1. The van der Waals surface area contributed by atoms with Gasteiger partial charge in [-0.15, -0.1) is 0 Å². The van der Waals surface area contributed by atoms with Gasteiger partial charge in [0.15, 0.2) is 5.82 Å². The van der Waals surface area contributed by atoms with Crippen molar-refractivity contribution in [1.29, 1.82) is 0 Å². The van der Waals surface area contributed by atoms with Gasteiger partial charge >= 0.3 is 0 Å². The molecule has 0 amide bonds. The Kier molecular flexibility index (Phi) is 3.90. The number of rotatable bonds is 5. The van der Waals surface area contributed by atoms with Gasteiger partial charge in [-0.05, 0) is 33.2 Å². The van der Waals surface area contributed by atoms with Crippen LogP contribution in [0.1, 0.15) is 38.6 Å². The third-order valence-corrected chi connectivity index (χ3v) is 2.85. The van der Waals surface area contributed by atoms with Crippen LogP contribution in [0.5, 0.6) is 0 Å². The van der Waals surface area contributed by atoms with E-state index in [9.17, 15) is 0 Å². The molecule has 1 N–H and O–H groups in total. The van der Waals surface area contributed by atoms with E-state index in [1.165, 1.54) is 12.8 Å². The van der Waals surface area contributed by atoms with Crippen molar-refractivity contribution in [3.05, 3.63) is 12.2 Å². The second-order valence-corrected chi connectivity index (χ2v) is 4.52. The minimum atomic E-state index is 0.339. The van der Waals surface area contributed by atoms with Crippen molar-refractivity contribution in [2.75, 3.05) is 13.2 Å². The molecule has 0 aromatic carbocycles. The Bertz CT molecular complexity index is 318. The van der Waals surface area contributed by atoms with Gasteiger partial charge < -0.3 is 10.1 Å². The van der Waals surface area contributed by atoms with Crippen LogP contribution in [0.25, 0.3) is 0 Å². The second-order valence-electron chi connectivity index (χ2n) is 4.52. The fourth-order valence-electron chi connectivity index (χ4n) is 2.00. The second kappa shape index (κ2) is 5.41. The molecule has 1 aromatic heterocycles. The van der Waals surface area contributed by atoms with E-state index < -0.39 is 0 Å². The van der Waals surface area contributed by atoms with Crippen molar-refractivity contribution in [2.45, 2.75) is 45.4 Å². The van der Waals surface area contributed by atoms with Crippen LogP contribution in [-0.2, 0) is 11.3 Å². The molecular formula is C11H20N4O. The molecule has 1 saturated heterocycles. The molecule has 1 aromatic rings. The third kappa shape index (κ3) is 2.80. The maximum absolute atomic E-state index is 5.67. The van der Waals surface area contributed by atoms with Gasteiger partial charge in [0.25, 0.3) is 0 Å². The van der Waals surface area contributed by atoms with Gasteiger partial charge in [0.1, 0.15) is 12.9 Å². The Morgan fingerprint density at radius 3 is 3.19 bits per heavy atom. The molecule has 2 heterocycles. The fraction of sp³-hybridized carbons (Fsp3) is 0.818. The molecule has 1 aliphatic heterocycles. The van der Waals surface area contributed by atoms with Gasteiger partial charge in [-0.2, -0.15) is 5.10 Å². The van der Waals surface area contributed by atoms with Crippen molar-refractivity contribution >= 4 is 0 Å². The van der Waals surface area contributed by atoms with E-state index in [1.807, 2.05) is 4.68 Å². The zero-order chi connectivity index (χ0) is 11.4.